The van der Waals surface area contributed by atoms with Gasteiger partial charge >= 0.3 is 0 Å². The molecule has 4 aliphatic rings. The van der Waals surface area contributed by atoms with Crippen LogP contribution >= 0.6 is 0 Å². The Balaban J connectivity index is 1.51. The van der Waals surface area contributed by atoms with E-state index < -0.39 is 0 Å². The minimum absolute atomic E-state index is 0.197. The fourth-order valence-corrected chi connectivity index (χ4v) is 9.05. The van der Waals surface area contributed by atoms with Gasteiger partial charge in [-0.15, -0.1) is 0 Å². The topological polar surface area (TPSA) is 20.2 Å². The van der Waals surface area contributed by atoms with Crippen molar-refractivity contribution >= 4 is 0 Å². The summed E-state index contributed by atoms with van der Waals surface area (Å²) in [6, 6.07) is 0. The zero-order valence-corrected chi connectivity index (χ0v) is 20.7. The fourth-order valence-electron chi connectivity index (χ4n) is 9.05. The van der Waals surface area contributed by atoms with Gasteiger partial charge in [-0.25, -0.2) is 0 Å². The highest BCUT2D eigenvalue weighted by Crippen LogP contribution is 2.67. The van der Waals surface area contributed by atoms with Crippen LogP contribution in [0.3, 0.4) is 0 Å². The maximum atomic E-state index is 10.2. The molecular weight excluding hydrogens is 364 g/mol. The van der Waals surface area contributed by atoms with Gasteiger partial charge in [-0.05, 0) is 110 Å². The molecule has 0 aromatic rings. The lowest BCUT2D eigenvalue weighted by molar-refractivity contribution is -0.0902. The Hall–Kier alpha value is -0.560. The highest BCUT2D eigenvalue weighted by Gasteiger charge is 2.59. The molecule has 0 spiro atoms. The summed E-state index contributed by atoms with van der Waals surface area (Å²) in [6.45, 7) is 14.8. The summed E-state index contributed by atoms with van der Waals surface area (Å²) in [4.78, 5) is 0. The summed E-state index contributed by atoms with van der Waals surface area (Å²) >= 11 is 0. The number of aliphatic hydroxyl groups excluding tert-OH is 1. The molecule has 0 aromatic carbocycles. The number of aliphatic hydroxyl groups is 1. The van der Waals surface area contributed by atoms with Crippen LogP contribution in [0.5, 0.6) is 0 Å². The molecule has 3 saturated carbocycles. The lowest BCUT2D eigenvalue weighted by Gasteiger charge is -2.59. The Labute approximate surface area is 186 Å². The third-order valence-corrected chi connectivity index (χ3v) is 10.8. The maximum absolute atomic E-state index is 10.2. The first-order chi connectivity index (χ1) is 14.2. The fraction of sp³-hybridized carbons (Fsp3) is 0.862. The molecule has 9 atom stereocenters. The molecule has 0 radical (unpaired) electrons. The van der Waals surface area contributed by atoms with Gasteiger partial charge in [0.15, 0.2) is 0 Å². The van der Waals surface area contributed by atoms with E-state index in [1.807, 2.05) is 0 Å². The van der Waals surface area contributed by atoms with Gasteiger partial charge in [0.1, 0.15) is 0 Å². The predicted molar refractivity (Wildman–Crippen MR) is 128 cm³/mol. The Morgan fingerprint density at radius 2 is 1.83 bits per heavy atom. The van der Waals surface area contributed by atoms with Crippen LogP contribution in [-0.4, -0.2) is 11.2 Å². The first kappa shape index (κ1) is 22.6. The van der Waals surface area contributed by atoms with Gasteiger partial charge in [0.05, 0.1) is 6.10 Å². The minimum atomic E-state index is -0.197. The predicted octanol–water partition coefficient (Wildman–Crippen LogP) is 7.80. The zero-order chi connectivity index (χ0) is 21.7. The van der Waals surface area contributed by atoms with E-state index >= 15 is 0 Å². The molecule has 1 N–H and O–H groups in total. The van der Waals surface area contributed by atoms with Gasteiger partial charge in [0.2, 0.25) is 0 Å². The summed E-state index contributed by atoms with van der Waals surface area (Å²) < 4.78 is 0. The molecule has 0 saturated heterocycles. The molecule has 3 fully saturated rings. The summed E-state index contributed by atoms with van der Waals surface area (Å²) in [5.41, 5.74) is 2.55. The van der Waals surface area contributed by atoms with E-state index in [2.05, 4.69) is 59.8 Å². The van der Waals surface area contributed by atoms with Crippen molar-refractivity contribution in [2.24, 2.45) is 52.3 Å². The second-order valence-corrected chi connectivity index (χ2v) is 12.4. The Kier molecular flexibility index (Phi) is 6.35. The average molecular weight is 413 g/mol. The van der Waals surface area contributed by atoms with Gasteiger partial charge in [0.25, 0.3) is 0 Å². The summed E-state index contributed by atoms with van der Waals surface area (Å²) in [5, 5.41) is 10.2. The van der Waals surface area contributed by atoms with Crippen LogP contribution in [0.25, 0.3) is 0 Å². The van der Waals surface area contributed by atoms with Crippen LogP contribution in [0.2, 0.25) is 0 Å². The second-order valence-electron chi connectivity index (χ2n) is 12.4. The Morgan fingerprint density at radius 1 is 1.07 bits per heavy atom. The molecule has 1 heteroatoms. The van der Waals surface area contributed by atoms with Crippen LogP contribution in [0, 0.1) is 52.3 Å². The van der Waals surface area contributed by atoms with E-state index in [0.29, 0.717) is 22.7 Å². The first-order valence-electron chi connectivity index (χ1n) is 13.3. The van der Waals surface area contributed by atoms with Crippen molar-refractivity contribution in [3.8, 4) is 0 Å². The molecule has 4 rings (SSSR count). The average Bonchev–Trinajstić information content (AvgIpc) is 3.06. The molecule has 0 amide bonds. The second kappa shape index (κ2) is 8.42. The van der Waals surface area contributed by atoms with Crippen molar-refractivity contribution in [3.63, 3.8) is 0 Å². The van der Waals surface area contributed by atoms with Crippen LogP contribution in [0.15, 0.2) is 23.8 Å². The largest absolute Gasteiger partial charge is 0.389 e. The number of allylic oxidation sites excluding steroid dienone is 3. The highest BCUT2D eigenvalue weighted by atomic mass is 16.3. The van der Waals surface area contributed by atoms with Crippen molar-refractivity contribution in [2.75, 3.05) is 0 Å². The van der Waals surface area contributed by atoms with Crippen molar-refractivity contribution in [1.82, 2.24) is 0 Å². The van der Waals surface area contributed by atoms with Crippen LogP contribution < -0.4 is 0 Å². The quantitative estimate of drug-likeness (QED) is 0.457. The zero-order valence-electron chi connectivity index (χ0n) is 20.7. The summed E-state index contributed by atoms with van der Waals surface area (Å²) in [7, 11) is 0. The number of hydrogen-bond acceptors (Lipinski definition) is 1. The molecular formula is C29H48O. The molecule has 0 aliphatic heterocycles. The van der Waals surface area contributed by atoms with Crippen molar-refractivity contribution in [3.05, 3.63) is 23.8 Å². The molecule has 2 unspecified atom stereocenters. The first-order valence-corrected chi connectivity index (χ1v) is 13.3. The van der Waals surface area contributed by atoms with Crippen molar-refractivity contribution in [2.45, 2.75) is 105 Å². The Morgan fingerprint density at radius 3 is 2.53 bits per heavy atom. The van der Waals surface area contributed by atoms with Crippen LogP contribution in [0.4, 0.5) is 0 Å². The lowest BCUT2D eigenvalue weighted by Crippen LogP contribution is -2.52. The molecule has 0 bridgehead atoms. The van der Waals surface area contributed by atoms with Crippen LogP contribution in [0.1, 0.15) is 99.3 Å². The minimum Gasteiger partial charge on any atom is -0.389 e. The van der Waals surface area contributed by atoms with E-state index in [1.165, 1.54) is 51.4 Å². The number of hydrogen-bond donors (Lipinski definition) is 1. The van der Waals surface area contributed by atoms with Crippen LogP contribution in [-0.2, 0) is 0 Å². The standard InChI is InChI=1S/C29H48O/c1-7-21(19(2)3)9-8-20(4)25-12-13-26-24-11-10-22-18-23(30)14-16-28(22,5)27(24)15-17-29(25,26)6/h9,14,16,19-20,22-27,30H,7-8,10-13,15,17-18H2,1-6H3/t20-,22?,23?,24+,25-,26+,27+,28+,29-/m1/s1. The van der Waals surface area contributed by atoms with Gasteiger partial charge in [-0.2, -0.15) is 0 Å². The SMILES string of the molecule is CCC(=CC[C@@H](C)[C@H]1CC[C@H]2[C@@H]3CCC4CC(O)C=C[C@]4(C)[C@H]3CC[C@]12C)C(C)C. The molecule has 0 aromatic heterocycles. The molecule has 1 nitrogen and oxygen atoms in total. The van der Waals surface area contributed by atoms with E-state index in [1.54, 1.807) is 5.57 Å². The normalized spacial score (nSPS) is 47.0. The third kappa shape index (κ3) is 3.66. The van der Waals surface area contributed by atoms with Crippen molar-refractivity contribution < 1.29 is 5.11 Å². The number of fused-ring (bicyclic) bond motifs is 5. The Bertz CT molecular complexity index is 674. The van der Waals surface area contributed by atoms with Crippen molar-refractivity contribution in [1.29, 1.82) is 0 Å². The smallest absolute Gasteiger partial charge is 0.0724 e. The monoisotopic (exact) mass is 412 g/mol. The van der Waals surface area contributed by atoms with E-state index in [-0.39, 0.29) is 6.10 Å². The van der Waals surface area contributed by atoms with E-state index in [0.717, 1.165) is 36.0 Å². The molecule has 30 heavy (non-hydrogen) atoms. The third-order valence-electron chi connectivity index (χ3n) is 10.8. The summed E-state index contributed by atoms with van der Waals surface area (Å²) in [5.74, 6) is 5.81. The van der Waals surface area contributed by atoms with Gasteiger partial charge < -0.3 is 5.11 Å². The van der Waals surface area contributed by atoms with E-state index in [9.17, 15) is 5.11 Å². The van der Waals surface area contributed by atoms with Gasteiger partial charge in [-0.1, -0.05) is 65.3 Å². The van der Waals surface area contributed by atoms with Gasteiger partial charge in [0, 0.05) is 0 Å². The highest BCUT2D eigenvalue weighted by molar-refractivity contribution is 5.17. The molecule has 170 valence electrons. The maximum Gasteiger partial charge on any atom is 0.0724 e. The van der Waals surface area contributed by atoms with E-state index in [4.69, 9.17) is 0 Å². The van der Waals surface area contributed by atoms with Gasteiger partial charge in [-0.3, -0.25) is 0 Å². The number of rotatable bonds is 5. The lowest BCUT2D eigenvalue weighted by atomic mass is 9.45. The molecule has 4 aliphatic carbocycles. The summed E-state index contributed by atoms with van der Waals surface area (Å²) in [6.07, 6.45) is 19.0. The molecule has 0 heterocycles.